The van der Waals surface area contributed by atoms with E-state index in [1.54, 1.807) is 6.20 Å². The number of likely N-dealkylation sites (tertiary alicyclic amines) is 2. The second-order valence-electron chi connectivity index (χ2n) is 6.61. The molecule has 2 aliphatic rings. The van der Waals surface area contributed by atoms with Gasteiger partial charge in [0, 0.05) is 25.8 Å². The smallest absolute Gasteiger partial charge is 0.323 e. The first-order valence-electron chi connectivity index (χ1n) is 8.41. The molecule has 2 saturated heterocycles. The summed E-state index contributed by atoms with van der Waals surface area (Å²) in [6.45, 7) is 7.33. The number of nitrogens with zero attached hydrogens (tertiary/aromatic N) is 3. The lowest BCUT2D eigenvalue weighted by atomic mass is 10.1. The van der Waals surface area contributed by atoms with Gasteiger partial charge in [-0.05, 0) is 56.8 Å². The number of nitrogens with one attached hydrogen (secondary N) is 1. The van der Waals surface area contributed by atoms with E-state index in [-0.39, 0.29) is 6.03 Å². The number of amides is 2. The number of carbonyl (C=O) groups excluding carboxylic acids is 1. The van der Waals surface area contributed by atoms with E-state index in [1.165, 1.54) is 32.4 Å². The van der Waals surface area contributed by atoms with Gasteiger partial charge in [-0.3, -0.25) is 5.32 Å². The number of aromatic nitrogens is 1. The molecule has 3 rings (SSSR count). The minimum absolute atomic E-state index is 0.0162. The van der Waals surface area contributed by atoms with Crippen LogP contribution in [0, 0.1) is 12.8 Å². The van der Waals surface area contributed by atoms with Gasteiger partial charge in [-0.15, -0.1) is 0 Å². The van der Waals surface area contributed by atoms with E-state index in [1.807, 2.05) is 24.0 Å². The molecule has 0 spiro atoms. The number of rotatable bonds is 3. The zero-order chi connectivity index (χ0) is 15.4. The van der Waals surface area contributed by atoms with Crippen molar-refractivity contribution in [2.75, 3.05) is 38.0 Å². The van der Waals surface area contributed by atoms with Crippen molar-refractivity contribution in [3.8, 4) is 0 Å². The standard InChI is InChI=1S/C17H26N4O/c1-14-5-6-16(18-11-14)19-17(22)21-10-7-15(13-21)12-20-8-3-2-4-9-20/h5-6,11,15H,2-4,7-10,12-13H2,1H3,(H,18,19,22). The van der Waals surface area contributed by atoms with Crippen LogP contribution in [0.3, 0.4) is 0 Å². The number of pyridine rings is 1. The van der Waals surface area contributed by atoms with Crippen molar-refractivity contribution in [3.05, 3.63) is 23.9 Å². The van der Waals surface area contributed by atoms with Crippen molar-refractivity contribution >= 4 is 11.8 Å². The summed E-state index contributed by atoms with van der Waals surface area (Å²) in [6, 6.07) is 3.80. The fourth-order valence-corrected chi connectivity index (χ4v) is 3.40. The highest BCUT2D eigenvalue weighted by atomic mass is 16.2. The number of anilines is 1. The largest absolute Gasteiger partial charge is 0.324 e. The summed E-state index contributed by atoms with van der Waals surface area (Å²) in [7, 11) is 0. The van der Waals surface area contributed by atoms with Crippen molar-refractivity contribution in [1.29, 1.82) is 0 Å². The molecule has 1 aromatic heterocycles. The third-order valence-corrected chi connectivity index (χ3v) is 4.68. The van der Waals surface area contributed by atoms with Crippen molar-refractivity contribution in [1.82, 2.24) is 14.8 Å². The summed E-state index contributed by atoms with van der Waals surface area (Å²) in [4.78, 5) is 21.0. The molecule has 120 valence electrons. The Hall–Kier alpha value is -1.62. The summed E-state index contributed by atoms with van der Waals surface area (Å²) < 4.78 is 0. The fourth-order valence-electron chi connectivity index (χ4n) is 3.40. The average Bonchev–Trinajstić information content (AvgIpc) is 2.99. The first-order valence-corrected chi connectivity index (χ1v) is 8.41. The maximum atomic E-state index is 12.3. The zero-order valence-electron chi connectivity index (χ0n) is 13.4. The van der Waals surface area contributed by atoms with E-state index in [0.717, 1.165) is 31.6 Å². The second kappa shape index (κ2) is 7.09. The SMILES string of the molecule is Cc1ccc(NC(=O)N2CCC(CN3CCCCC3)C2)nc1. The van der Waals surface area contributed by atoms with Gasteiger partial charge in [-0.2, -0.15) is 0 Å². The van der Waals surface area contributed by atoms with Crippen LogP contribution >= 0.6 is 0 Å². The van der Waals surface area contributed by atoms with Crippen LogP contribution in [0.1, 0.15) is 31.2 Å². The van der Waals surface area contributed by atoms with Crippen LogP contribution in [0.15, 0.2) is 18.3 Å². The molecule has 2 amide bonds. The summed E-state index contributed by atoms with van der Waals surface area (Å²) in [5.41, 5.74) is 1.10. The minimum atomic E-state index is -0.0162. The highest BCUT2D eigenvalue weighted by Crippen LogP contribution is 2.20. The monoisotopic (exact) mass is 302 g/mol. The maximum absolute atomic E-state index is 12.3. The van der Waals surface area contributed by atoms with Crippen molar-refractivity contribution in [3.63, 3.8) is 0 Å². The lowest BCUT2D eigenvalue weighted by molar-refractivity contribution is 0.192. The number of urea groups is 1. The lowest BCUT2D eigenvalue weighted by Gasteiger charge is -2.28. The Morgan fingerprint density at radius 2 is 2.09 bits per heavy atom. The van der Waals surface area contributed by atoms with Crippen LogP contribution in [-0.2, 0) is 0 Å². The molecule has 0 radical (unpaired) electrons. The normalized spacial score (nSPS) is 22.8. The molecule has 2 fully saturated rings. The summed E-state index contributed by atoms with van der Waals surface area (Å²) in [5, 5.41) is 2.90. The quantitative estimate of drug-likeness (QED) is 0.934. The van der Waals surface area contributed by atoms with Crippen LogP contribution in [0.4, 0.5) is 10.6 Å². The fraction of sp³-hybridized carbons (Fsp3) is 0.647. The van der Waals surface area contributed by atoms with E-state index in [0.29, 0.717) is 11.7 Å². The Labute approximate surface area is 132 Å². The van der Waals surface area contributed by atoms with Gasteiger partial charge in [0.2, 0.25) is 0 Å². The Balaban J connectivity index is 1.47. The molecule has 3 heterocycles. The molecule has 5 heteroatoms. The molecule has 0 bridgehead atoms. The van der Waals surface area contributed by atoms with E-state index >= 15 is 0 Å². The third-order valence-electron chi connectivity index (χ3n) is 4.68. The molecule has 0 saturated carbocycles. The molecule has 5 nitrogen and oxygen atoms in total. The summed E-state index contributed by atoms with van der Waals surface area (Å²) in [5.74, 6) is 1.25. The van der Waals surface area contributed by atoms with Crippen LogP contribution in [0.25, 0.3) is 0 Å². The number of hydrogen-bond donors (Lipinski definition) is 1. The van der Waals surface area contributed by atoms with Gasteiger partial charge in [-0.25, -0.2) is 9.78 Å². The molecule has 1 atom stereocenters. The van der Waals surface area contributed by atoms with Gasteiger partial charge in [0.15, 0.2) is 0 Å². The molecule has 1 aromatic rings. The zero-order valence-corrected chi connectivity index (χ0v) is 13.4. The first-order chi connectivity index (χ1) is 10.7. The van der Waals surface area contributed by atoms with Gasteiger partial charge in [0.1, 0.15) is 5.82 Å². The van der Waals surface area contributed by atoms with Crippen molar-refractivity contribution < 1.29 is 4.79 Å². The van der Waals surface area contributed by atoms with Gasteiger partial charge >= 0.3 is 6.03 Å². The Kier molecular flexibility index (Phi) is 4.93. The average molecular weight is 302 g/mol. The van der Waals surface area contributed by atoms with E-state index in [4.69, 9.17) is 0 Å². The predicted octanol–water partition coefficient (Wildman–Crippen LogP) is 2.73. The molecule has 22 heavy (non-hydrogen) atoms. The lowest BCUT2D eigenvalue weighted by Crippen LogP contribution is -2.37. The Bertz CT molecular complexity index is 496. The Morgan fingerprint density at radius 1 is 1.27 bits per heavy atom. The number of aryl methyl sites for hydroxylation is 1. The predicted molar refractivity (Wildman–Crippen MR) is 88.0 cm³/mol. The van der Waals surface area contributed by atoms with Crippen LogP contribution in [-0.4, -0.2) is 53.5 Å². The van der Waals surface area contributed by atoms with Gasteiger partial charge in [0.05, 0.1) is 0 Å². The molecule has 0 aliphatic carbocycles. The summed E-state index contributed by atoms with van der Waals surface area (Å²) in [6.07, 6.45) is 6.93. The van der Waals surface area contributed by atoms with Gasteiger partial charge in [0.25, 0.3) is 0 Å². The molecule has 1 N–H and O–H groups in total. The molecule has 0 aromatic carbocycles. The highest BCUT2D eigenvalue weighted by molar-refractivity contribution is 5.88. The van der Waals surface area contributed by atoms with E-state index < -0.39 is 0 Å². The number of piperidine rings is 1. The van der Waals surface area contributed by atoms with Crippen molar-refractivity contribution in [2.24, 2.45) is 5.92 Å². The van der Waals surface area contributed by atoms with Crippen LogP contribution in [0.2, 0.25) is 0 Å². The van der Waals surface area contributed by atoms with E-state index in [9.17, 15) is 4.79 Å². The summed E-state index contributed by atoms with van der Waals surface area (Å²) >= 11 is 0. The van der Waals surface area contributed by atoms with Crippen LogP contribution < -0.4 is 5.32 Å². The van der Waals surface area contributed by atoms with Gasteiger partial charge < -0.3 is 9.80 Å². The number of hydrogen-bond acceptors (Lipinski definition) is 3. The maximum Gasteiger partial charge on any atom is 0.323 e. The second-order valence-corrected chi connectivity index (χ2v) is 6.61. The highest BCUT2D eigenvalue weighted by Gasteiger charge is 2.28. The molecular formula is C17H26N4O. The number of carbonyl (C=O) groups is 1. The van der Waals surface area contributed by atoms with Crippen LogP contribution in [0.5, 0.6) is 0 Å². The molecular weight excluding hydrogens is 276 g/mol. The Morgan fingerprint density at radius 3 is 2.82 bits per heavy atom. The van der Waals surface area contributed by atoms with Gasteiger partial charge in [-0.1, -0.05) is 12.5 Å². The van der Waals surface area contributed by atoms with E-state index in [2.05, 4.69) is 15.2 Å². The minimum Gasteiger partial charge on any atom is -0.324 e. The molecule has 1 unspecified atom stereocenters. The van der Waals surface area contributed by atoms with Crippen molar-refractivity contribution in [2.45, 2.75) is 32.6 Å². The first kappa shape index (κ1) is 15.3. The third kappa shape index (κ3) is 3.97. The molecule has 2 aliphatic heterocycles. The topological polar surface area (TPSA) is 48.5 Å².